The van der Waals surface area contributed by atoms with E-state index in [0.29, 0.717) is 24.5 Å². The number of fused-ring (bicyclic) bond motifs is 1. The van der Waals surface area contributed by atoms with Gasteiger partial charge in [-0.25, -0.2) is 9.07 Å². The second-order valence-corrected chi connectivity index (χ2v) is 8.56. The lowest BCUT2D eigenvalue weighted by molar-refractivity contribution is 0.177. The van der Waals surface area contributed by atoms with E-state index in [-0.39, 0.29) is 11.4 Å². The molecule has 0 spiro atoms. The molecule has 1 saturated heterocycles. The van der Waals surface area contributed by atoms with Crippen molar-refractivity contribution in [3.8, 4) is 5.75 Å². The van der Waals surface area contributed by atoms with Gasteiger partial charge in [0.15, 0.2) is 5.82 Å². The lowest BCUT2D eigenvalue weighted by atomic mass is 10.0. The fourth-order valence-corrected chi connectivity index (χ4v) is 4.62. The molecule has 2 aromatic heterocycles. The molecule has 34 heavy (non-hydrogen) atoms. The number of nitrogens with zero attached hydrogens (tertiary/aromatic N) is 5. The number of pyridine rings is 1. The van der Waals surface area contributed by atoms with E-state index in [1.54, 1.807) is 16.8 Å². The molecular formula is C25H27FN6O2. The highest BCUT2D eigenvalue weighted by atomic mass is 19.1. The van der Waals surface area contributed by atoms with E-state index in [9.17, 15) is 9.18 Å². The molecule has 9 heteroatoms. The molecule has 0 saturated carbocycles. The van der Waals surface area contributed by atoms with E-state index in [4.69, 9.17) is 4.74 Å². The van der Waals surface area contributed by atoms with Gasteiger partial charge in [-0.2, -0.15) is 0 Å². The van der Waals surface area contributed by atoms with Crippen LogP contribution in [0.2, 0.25) is 0 Å². The monoisotopic (exact) mass is 462 g/mol. The van der Waals surface area contributed by atoms with Gasteiger partial charge in [-0.15, -0.1) is 5.10 Å². The van der Waals surface area contributed by atoms with Crippen LogP contribution in [0, 0.1) is 5.82 Å². The standard InChI is InChI=1S/C25H27FN6O2/c1-2-34-20-10-11-22-18(14-20)15-21(25(33)27-22)23(31-12-4-3-5-13-31)24-28-29-30-32(24)16-17-6-8-19(26)9-7-17/h6-11,14-15,23H,2-5,12-13,16H2,1H3,(H,27,33)/t23-/m0/s1. The van der Waals surface area contributed by atoms with Crippen LogP contribution in [0.3, 0.4) is 0 Å². The summed E-state index contributed by atoms with van der Waals surface area (Å²) in [5.74, 6) is 1.06. The number of benzene rings is 2. The highest BCUT2D eigenvalue weighted by Gasteiger charge is 2.31. The SMILES string of the molecule is CCOc1ccc2[nH]c(=O)c([C@@H](c3nnnn3Cc3ccc(F)cc3)N3CCCCC3)cc2c1. The molecular weight excluding hydrogens is 435 g/mol. The molecule has 1 aliphatic heterocycles. The number of rotatable bonds is 7. The van der Waals surface area contributed by atoms with Crippen LogP contribution in [-0.2, 0) is 6.54 Å². The van der Waals surface area contributed by atoms with Crippen molar-refractivity contribution in [3.05, 3.63) is 81.7 Å². The molecule has 5 rings (SSSR count). The minimum Gasteiger partial charge on any atom is -0.494 e. The van der Waals surface area contributed by atoms with Gasteiger partial charge in [-0.05, 0) is 85.2 Å². The fourth-order valence-electron chi connectivity index (χ4n) is 4.62. The molecule has 176 valence electrons. The zero-order chi connectivity index (χ0) is 23.5. The third-order valence-electron chi connectivity index (χ3n) is 6.26. The number of halogens is 1. The Morgan fingerprint density at radius 3 is 2.65 bits per heavy atom. The maximum absolute atomic E-state index is 13.4. The second kappa shape index (κ2) is 9.72. The van der Waals surface area contributed by atoms with Gasteiger partial charge in [-0.3, -0.25) is 9.69 Å². The van der Waals surface area contributed by atoms with Crippen LogP contribution in [0.1, 0.15) is 49.2 Å². The molecule has 8 nitrogen and oxygen atoms in total. The number of likely N-dealkylation sites (tertiary alicyclic amines) is 1. The Morgan fingerprint density at radius 1 is 1.09 bits per heavy atom. The summed E-state index contributed by atoms with van der Waals surface area (Å²) in [6.45, 7) is 4.59. The Kier molecular flexibility index (Phi) is 6.35. The van der Waals surface area contributed by atoms with Gasteiger partial charge >= 0.3 is 0 Å². The average molecular weight is 463 g/mol. The minimum atomic E-state index is -0.403. The molecule has 0 bridgehead atoms. The topological polar surface area (TPSA) is 88.9 Å². The number of ether oxygens (including phenoxy) is 1. The summed E-state index contributed by atoms with van der Waals surface area (Å²) in [5.41, 5.74) is 2.06. The van der Waals surface area contributed by atoms with E-state index in [0.717, 1.165) is 54.6 Å². The number of piperidine rings is 1. The lowest BCUT2D eigenvalue weighted by Gasteiger charge is -2.33. The predicted molar refractivity (Wildman–Crippen MR) is 126 cm³/mol. The third kappa shape index (κ3) is 4.56. The van der Waals surface area contributed by atoms with Crippen LogP contribution in [0.5, 0.6) is 5.75 Å². The van der Waals surface area contributed by atoms with Gasteiger partial charge in [0.1, 0.15) is 17.6 Å². The predicted octanol–water partition coefficient (Wildman–Crippen LogP) is 3.68. The molecule has 0 radical (unpaired) electrons. The molecule has 1 aliphatic rings. The second-order valence-electron chi connectivity index (χ2n) is 8.56. The summed E-state index contributed by atoms with van der Waals surface area (Å²) in [5, 5.41) is 13.4. The Balaban J connectivity index is 1.59. The first-order valence-electron chi connectivity index (χ1n) is 11.7. The normalized spacial score (nSPS) is 15.5. The summed E-state index contributed by atoms with van der Waals surface area (Å²) in [6.07, 6.45) is 3.27. The average Bonchev–Trinajstić information content (AvgIpc) is 3.30. The molecule has 1 atom stereocenters. The maximum atomic E-state index is 13.4. The Bertz CT molecular complexity index is 1330. The van der Waals surface area contributed by atoms with Crippen LogP contribution < -0.4 is 10.3 Å². The van der Waals surface area contributed by atoms with Gasteiger partial charge in [0.2, 0.25) is 0 Å². The van der Waals surface area contributed by atoms with Crippen molar-refractivity contribution in [3.63, 3.8) is 0 Å². The summed E-state index contributed by atoms with van der Waals surface area (Å²) in [7, 11) is 0. The molecule has 4 aromatic rings. The minimum absolute atomic E-state index is 0.163. The molecule has 0 amide bonds. The summed E-state index contributed by atoms with van der Waals surface area (Å²) in [4.78, 5) is 18.6. The highest BCUT2D eigenvalue weighted by Crippen LogP contribution is 2.30. The van der Waals surface area contributed by atoms with Gasteiger partial charge in [0.25, 0.3) is 5.56 Å². The van der Waals surface area contributed by atoms with E-state index < -0.39 is 6.04 Å². The van der Waals surface area contributed by atoms with Crippen molar-refractivity contribution in [2.24, 2.45) is 0 Å². The number of nitrogens with one attached hydrogen (secondary N) is 1. The van der Waals surface area contributed by atoms with Crippen LogP contribution in [-0.4, -0.2) is 49.8 Å². The Labute approximate surface area is 196 Å². The summed E-state index contributed by atoms with van der Waals surface area (Å²) < 4.78 is 20.7. The van der Waals surface area contributed by atoms with Gasteiger partial charge in [0, 0.05) is 16.5 Å². The van der Waals surface area contributed by atoms with Gasteiger partial charge in [-0.1, -0.05) is 18.6 Å². The quantitative estimate of drug-likeness (QED) is 0.451. The van der Waals surface area contributed by atoms with Crippen molar-refractivity contribution in [2.75, 3.05) is 19.7 Å². The first-order valence-corrected chi connectivity index (χ1v) is 11.7. The summed E-state index contributed by atoms with van der Waals surface area (Å²) >= 11 is 0. The molecule has 1 N–H and O–H groups in total. The van der Waals surface area contributed by atoms with E-state index in [1.165, 1.54) is 12.1 Å². The third-order valence-corrected chi connectivity index (χ3v) is 6.26. The van der Waals surface area contributed by atoms with Crippen molar-refractivity contribution < 1.29 is 9.13 Å². The molecule has 2 aromatic carbocycles. The number of hydrogen-bond donors (Lipinski definition) is 1. The lowest BCUT2D eigenvalue weighted by Crippen LogP contribution is -2.38. The Hall–Kier alpha value is -3.59. The zero-order valence-corrected chi connectivity index (χ0v) is 19.1. The van der Waals surface area contributed by atoms with E-state index in [2.05, 4.69) is 25.4 Å². The van der Waals surface area contributed by atoms with Crippen molar-refractivity contribution in [2.45, 2.75) is 38.8 Å². The molecule has 1 fully saturated rings. The van der Waals surface area contributed by atoms with E-state index in [1.807, 2.05) is 31.2 Å². The molecule has 0 aliphatic carbocycles. The van der Waals surface area contributed by atoms with Crippen molar-refractivity contribution in [1.29, 1.82) is 0 Å². The first kappa shape index (κ1) is 22.2. The number of aromatic nitrogens is 5. The highest BCUT2D eigenvalue weighted by molar-refractivity contribution is 5.80. The fraction of sp³-hybridized carbons (Fsp3) is 0.360. The maximum Gasteiger partial charge on any atom is 0.253 e. The first-order chi connectivity index (χ1) is 16.6. The van der Waals surface area contributed by atoms with Crippen LogP contribution in [0.15, 0.2) is 53.3 Å². The van der Waals surface area contributed by atoms with Crippen LogP contribution in [0.4, 0.5) is 4.39 Å². The smallest absolute Gasteiger partial charge is 0.253 e. The number of tetrazole rings is 1. The van der Waals surface area contributed by atoms with Crippen LogP contribution >= 0.6 is 0 Å². The van der Waals surface area contributed by atoms with E-state index >= 15 is 0 Å². The number of aromatic amines is 1. The largest absolute Gasteiger partial charge is 0.494 e. The van der Waals surface area contributed by atoms with Crippen LogP contribution in [0.25, 0.3) is 10.9 Å². The molecule has 0 unspecified atom stereocenters. The van der Waals surface area contributed by atoms with Gasteiger partial charge in [0.05, 0.1) is 13.2 Å². The number of H-pyrrole nitrogens is 1. The zero-order valence-electron chi connectivity index (χ0n) is 19.1. The Morgan fingerprint density at radius 2 is 1.88 bits per heavy atom. The summed E-state index contributed by atoms with van der Waals surface area (Å²) in [6, 6.07) is 13.5. The van der Waals surface area contributed by atoms with Crippen molar-refractivity contribution >= 4 is 10.9 Å². The number of hydrogen-bond acceptors (Lipinski definition) is 6. The van der Waals surface area contributed by atoms with Crippen molar-refractivity contribution in [1.82, 2.24) is 30.1 Å². The van der Waals surface area contributed by atoms with Gasteiger partial charge < -0.3 is 9.72 Å². The molecule has 3 heterocycles.